The monoisotopic (exact) mass is 206 g/mol. The zero-order valence-corrected chi connectivity index (χ0v) is 9.42. The third-order valence-electron chi connectivity index (χ3n) is 2.90. The van der Waals surface area contributed by atoms with Gasteiger partial charge in [-0.2, -0.15) is 5.06 Å². The highest BCUT2D eigenvalue weighted by molar-refractivity contribution is 5.56. The quantitative estimate of drug-likeness (QED) is 0.766. The van der Waals surface area contributed by atoms with Gasteiger partial charge in [0.05, 0.1) is 7.11 Å². The molecule has 1 aliphatic rings. The first kappa shape index (κ1) is 10.5. The summed E-state index contributed by atoms with van der Waals surface area (Å²) in [6.07, 6.45) is 2.40. The topological polar surface area (TPSA) is 24.5 Å². The Morgan fingerprint density at radius 2 is 2.33 bits per heavy atom. The number of nitrogens with one attached hydrogen (secondary N) is 1. The third kappa shape index (κ3) is 2.30. The molecule has 0 aliphatic carbocycles. The van der Waals surface area contributed by atoms with E-state index >= 15 is 0 Å². The molecule has 0 spiro atoms. The Hall–Kier alpha value is -1.06. The van der Waals surface area contributed by atoms with E-state index in [1.165, 1.54) is 29.7 Å². The molecule has 0 atom stereocenters. The molecule has 0 radical (unpaired) electrons. The fourth-order valence-corrected chi connectivity index (χ4v) is 2.04. The minimum Gasteiger partial charge on any atom is -0.385 e. The summed E-state index contributed by atoms with van der Waals surface area (Å²) in [4.78, 5) is 5.16. The minimum atomic E-state index is 0.849. The Morgan fingerprint density at radius 1 is 1.47 bits per heavy atom. The first-order valence-corrected chi connectivity index (χ1v) is 5.41. The Balaban J connectivity index is 2.23. The average molecular weight is 206 g/mol. The van der Waals surface area contributed by atoms with E-state index < -0.39 is 0 Å². The second kappa shape index (κ2) is 4.64. The van der Waals surface area contributed by atoms with Gasteiger partial charge in [0.2, 0.25) is 0 Å². The fraction of sp³-hybridized carbons (Fsp3) is 0.500. The van der Waals surface area contributed by atoms with Gasteiger partial charge in [-0.05, 0) is 30.0 Å². The zero-order chi connectivity index (χ0) is 10.7. The maximum absolute atomic E-state index is 5.16. The lowest BCUT2D eigenvalue weighted by Gasteiger charge is -2.23. The summed E-state index contributed by atoms with van der Waals surface area (Å²) < 4.78 is 0. The van der Waals surface area contributed by atoms with Gasteiger partial charge in [-0.3, -0.25) is 0 Å². The Kier molecular flexibility index (Phi) is 3.23. The maximum Gasteiger partial charge on any atom is 0.0575 e. The molecule has 1 N–H and O–H groups in total. The van der Waals surface area contributed by atoms with Gasteiger partial charge in [0.25, 0.3) is 0 Å². The first-order chi connectivity index (χ1) is 7.31. The average Bonchev–Trinajstić information content (AvgIpc) is 2.29. The number of fused-ring (bicyclic) bond motifs is 1. The molecule has 82 valence electrons. The summed E-state index contributed by atoms with van der Waals surface area (Å²) in [5, 5.41) is 5.29. The van der Waals surface area contributed by atoms with Crippen molar-refractivity contribution in [3.05, 3.63) is 29.3 Å². The molecule has 1 aromatic rings. The Bertz CT molecular complexity index is 338. The smallest absolute Gasteiger partial charge is 0.0575 e. The van der Waals surface area contributed by atoms with Crippen molar-refractivity contribution in [2.75, 3.05) is 26.0 Å². The third-order valence-corrected chi connectivity index (χ3v) is 2.90. The molecule has 0 unspecified atom stereocenters. The number of rotatable bonds is 3. The van der Waals surface area contributed by atoms with Crippen LogP contribution in [0.2, 0.25) is 0 Å². The zero-order valence-electron chi connectivity index (χ0n) is 9.42. The molecule has 0 bridgehead atoms. The number of hydrogen-bond donors (Lipinski definition) is 1. The van der Waals surface area contributed by atoms with E-state index in [4.69, 9.17) is 4.84 Å². The van der Waals surface area contributed by atoms with Gasteiger partial charge in [-0.25, -0.2) is 0 Å². The van der Waals surface area contributed by atoms with Gasteiger partial charge in [-0.1, -0.05) is 12.1 Å². The van der Waals surface area contributed by atoms with E-state index in [0.29, 0.717) is 0 Å². The van der Waals surface area contributed by atoms with Crippen molar-refractivity contribution in [1.82, 2.24) is 5.06 Å². The molecule has 2 rings (SSSR count). The lowest BCUT2D eigenvalue weighted by atomic mass is 9.97. The SMILES string of the molecule is CON(C)Cc1cccc2c1CCCN2. The number of anilines is 1. The van der Waals surface area contributed by atoms with Gasteiger partial charge in [-0.15, -0.1) is 0 Å². The Morgan fingerprint density at radius 3 is 3.13 bits per heavy atom. The van der Waals surface area contributed by atoms with Crippen LogP contribution >= 0.6 is 0 Å². The second-order valence-electron chi connectivity index (χ2n) is 3.94. The highest BCUT2D eigenvalue weighted by Crippen LogP contribution is 2.25. The second-order valence-corrected chi connectivity index (χ2v) is 3.94. The van der Waals surface area contributed by atoms with E-state index in [9.17, 15) is 0 Å². The summed E-state index contributed by atoms with van der Waals surface area (Å²) in [6.45, 7) is 1.94. The van der Waals surface area contributed by atoms with Crippen molar-refractivity contribution in [2.24, 2.45) is 0 Å². The maximum atomic E-state index is 5.16. The molecule has 1 aliphatic heterocycles. The van der Waals surface area contributed by atoms with Crippen LogP contribution in [0.5, 0.6) is 0 Å². The largest absolute Gasteiger partial charge is 0.385 e. The molecule has 0 fully saturated rings. The molecule has 0 amide bonds. The first-order valence-electron chi connectivity index (χ1n) is 5.41. The van der Waals surface area contributed by atoms with Crippen LogP contribution in [0, 0.1) is 0 Å². The van der Waals surface area contributed by atoms with Gasteiger partial charge < -0.3 is 10.2 Å². The van der Waals surface area contributed by atoms with Crippen LogP contribution in [0.25, 0.3) is 0 Å². The van der Waals surface area contributed by atoms with Crippen molar-refractivity contribution in [1.29, 1.82) is 0 Å². The minimum absolute atomic E-state index is 0.849. The van der Waals surface area contributed by atoms with Crippen LogP contribution in [-0.4, -0.2) is 25.8 Å². The summed E-state index contributed by atoms with van der Waals surface area (Å²) in [5.41, 5.74) is 4.11. The molecular formula is C12H18N2O. The highest BCUT2D eigenvalue weighted by atomic mass is 16.7. The van der Waals surface area contributed by atoms with Crippen molar-refractivity contribution in [2.45, 2.75) is 19.4 Å². The van der Waals surface area contributed by atoms with E-state index in [2.05, 4.69) is 23.5 Å². The molecule has 1 aromatic carbocycles. The van der Waals surface area contributed by atoms with E-state index in [0.717, 1.165) is 13.1 Å². The summed E-state index contributed by atoms with van der Waals surface area (Å²) in [7, 11) is 3.66. The predicted octanol–water partition coefficient (Wildman–Crippen LogP) is 2.04. The van der Waals surface area contributed by atoms with E-state index in [-0.39, 0.29) is 0 Å². The van der Waals surface area contributed by atoms with Crippen molar-refractivity contribution >= 4 is 5.69 Å². The van der Waals surface area contributed by atoms with Crippen LogP contribution in [-0.2, 0) is 17.8 Å². The molecule has 3 nitrogen and oxygen atoms in total. The molecule has 0 saturated carbocycles. The predicted molar refractivity (Wildman–Crippen MR) is 61.7 cm³/mol. The molecular weight excluding hydrogens is 188 g/mol. The fourth-order valence-electron chi connectivity index (χ4n) is 2.04. The normalized spacial score (nSPS) is 14.9. The number of hydroxylamine groups is 2. The molecule has 0 saturated heterocycles. The standard InChI is InChI=1S/C12H18N2O/c1-14(15-2)9-10-5-3-7-12-11(10)6-4-8-13-12/h3,5,7,13H,4,6,8-9H2,1-2H3. The van der Waals surface area contributed by atoms with Gasteiger partial charge >= 0.3 is 0 Å². The lowest BCUT2D eigenvalue weighted by molar-refractivity contribution is -0.116. The number of benzene rings is 1. The molecule has 3 heteroatoms. The summed E-state index contributed by atoms with van der Waals surface area (Å²) in [6, 6.07) is 6.45. The van der Waals surface area contributed by atoms with Crippen molar-refractivity contribution < 1.29 is 4.84 Å². The van der Waals surface area contributed by atoms with Crippen molar-refractivity contribution in [3.8, 4) is 0 Å². The van der Waals surface area contributed by atoms with Gasteiger partial charge in [0.15, 0.2) is 0 Å². The van der Waals surface area contributed by atoms with Crippen LogP contribution in [0.1, 0.15) is 17.5 Å². The molecule has 1 heterocycles. The molecule has 0 aromatic heterocycles. The van der Waals surface area contributed by atoms with Crippen LogP contribution in [0.4, 0.5) is 5.69 Å². The van der Waals surface area contributed by atoms with Crippen molar-refractivity contribution in [3.63, 3.8) is 0 Å². The van der Waals surface area contributed by atoms with Gasteiger partial charge in [0.1, 0.15) is 0 Å². The van der Waals surface area contributed by atoms with Crippen LogP contribution < -0.4 is 5.32 Å². The van der Waals surface area contributed by atoms with Crippen LogP contribution in [0.3, 0.4) is 0 Å². The van der Waals surface area contributed by atoms with Gasteiger partial charge in [0, 0.05) is 25.8 Å². The number of nitrogens with zero attached hydrogens (tertiary/aromatic N) is 1. The lowest BCUT2D eigenvalue weighted by Crippen LogP contribution is -2.19. The number of hydrogen-bond acceptors (Lipinski definition) is 3. The van der Waals surface area contributed by atoms with Crippen LogP contribution in [0.15, 0.2) is 18.2 Å². The molecule has 15 heavy (non-hydrogen) atoms. The summed E-state index contributed by atoms with van der Waals surface area (Å²) >= 11 is 0. The Labute approximate surface area is 91.0 Å². The highest BCUT2D eigenvalue weighted by Gasteiger charge is 2.12. The summed E-state index contributed by atoms with van der Waals surface area (Å²) in [5.74, 6) is 0. The van der Waals surface area contributed by atoms with E-state index in [1.807, 2.05) is 12.1 Å². The van der Waals surface area contributed by atoms with E-state index in [1.54, 1.807) is 7.11 Å².